The fraction of sp³-hybridized carbons (Fsp3) is 0.235. The van der Waals surface area contributed by atoms with Gasteiger partial charge in [-0.3, -0.25) is 0 Å². The molecule has 1 aromatic carbocycles. The van der Waals surface area contributed by atoms with Crippen molar-refractivity contribution in [3.63, 3.8) is 0 Å². The summed E-state index contributed by atoms with van der Waals surface area (Å²) in [5.41, 5.74) is 1.44. The molecule has 2 heterocycles. The van der Waals surface area contributed by atoms with Crippen LogP contribution in [0.15, 0.2) is 56.5 Å². The lowest BCUT2D eigenvalue weighted by Gasteiger charge is -2.12. The molecule has 0 fully saturated rings. The van der Waals surface area contributed by atoms with Crippen molar-refractivity contribution < 1.29 is 30.5 Å². The van der Waals surface area contributed by atoms with Crippen molar-refractivity contribution in [3.8, 4) is 11.5 Å². The summed E-state index contributed by atoms with van der Waals surface area (Å²) >= 11 is 0. The van der Waals surface area contributed by atoms with Gasteiger partial charge in [0.15, 0.2) is 5.76 Å². The Morgan fingerprint density at radius 1 is 1.11 bits per heavy atom. The molecule has 0 radical (unpaired) electrons. The van der Waals surface area contributed by atoms with Gasteiger partial charge in [-0.15, -0.1) is 0 Å². The minimum Gasteiger partial charge on any atom is -0.441 e. The third-order valence-corrected chi connectivity index (χ3v) is 5.08. The van der Waals surface area contributed by atoms with Crippen LogP contribution in [0.5, 0.6) is 0 Å². The fourth-order valence-corrected chi connectivity index (χ4v) is 3.23. The molecule has 0 aliphatic heterocycles. The Morgan fingerprint density at radius 2 is 1.79 bits per heavy atom. The van der Waals surface area contributed by atoms with Gasteiger partial charge in [-0.2, -0.15) is 13.2 Å². The standard InChI is InChI=1S/C17H16F3N3O4S/c1-23(2)12-5-3-11(4-6-12)10-21-28(24,25)16-8-7-14(26-16)13-9-15(27-22-13)17(18,19)20/h3-9,21H,10H2,1-2H3. The zero-order valence-corrected chi connectivity index (χ0v) is 15.6. The lowest BCUT2D eigenvalue weighted by atomic mass is 10.2. The predicted molar refractivity (Wildman–Crippen MR) is 94.0 cm³/mol. The van der Waals surface area contributed by atoms with E-state index >= 15 is 0 Å². The van der Waals surface area contributed by atoms with E-state index in [1.54, 1.807) is 12.1 Å². The van der Waals surface area contributed by atoms with Gasteiger partial charge in [-0.1, -0.05) is 17.3 Å². The van der Waals surface area contributed by atoms with Crippen LogP contribution in [0.3, 0.4) is 0 Å². The Labute approximate surface area is 158 Å². The van der Waals surface area contributed by atoms with Crippen LogP contribution in [0.4, 0.5) is 18.9 Å². The molecule has 150 valence electrons. The summed E-state index contributed by atoms with van der Waals surface area (Å²) in [5.74, 6) is -1.46. The second-order valence-electron chi connectivity index (χ2n) is 6.08. The Morgan fingerprint density at radius 3 is 2.36 bits per heavy atom. The second-order valence-corrected chi connectivity index (χ2v) is 7.78. The van der Waals surface area contributed by atoms with E-state index in [2.05, 4.69) is 14.4 Å². The number of alkyl halides is 3. The minimum absolute atomic E-state index is 0.0221. The molecular formula is C17H16F3N3O4S. The lowest BCUT2D eigenvalue weighted by Crippen LogP contribution is -2.22. The molecule has 7 nitrogen and oxygen atoms in total. The van der Waals surface area contributed by atoms with Crippen molar-refractivity contribution in [1.29, 1.82) is 0 Å². The van der Waals surface area contributed by atoms with Crippen molar-refractivity contribution in [2.24, 2.45) is 0 Å². The van der Waals surface area contributed by atoms with Crippen LogP contribution >= 0.6 is 0 Å². The van der Waals surface area contributed by atoms with Crippen LogP contribution < -0.4 is 9.62 Å². The molecule has 2 aromatic heterocycles. The zero-order chi connectivity index (χ0) is 20.5. The highest BCUT2D eigenvalue weighted by Gasteiger charge is 2.36. The van der Waals surface area contributed by atoms with Crippen molar-refractivity contribution in [3.05, 3.63) is 53.8 Å². The first-order valence-corrected chi connectivity index (χ1v) is 9.44. The molecule has 0 saturated heterocycles. The van der Waals surface area contributed by atoms with Crippen LogP contribution in [0.2, 0.25) is 0 Å². The maximum atomic E-state index is 12.6. The Bertz CT molecular complexity index is 1050. The van der Waals surface area contributed by atoms with Gasteiger partial charge < -0.3 is 13.8 Å². The van der Waals surface area contributed by atoms with Gasteiger partial charge in [0.05, 0.1) is 0 Å². The summed E-state index contributed by atoms with van der Waals surface area (Å²) in [6, 6.07) is 10.2. The Balaban J connectivity index is 1.72. The van der Waals surface area contributed by atoms with Gasteiger partial charge in [0, 0.05) is 32.4 Å². The maximum absolute atomic E-state index is 12.6. The largest absolute Gasteiger partial charge is 0.452 e. The third kappa shape index (κ3) is 4.37. The summed E-state index contributed by atoms with van der Waals surface area (Å²) in [4.78, 5) is 1.91. The number of benzene rings is 1. The van der Waals surface area contributed by atoms with Crippen molar-refractivity contribution >= 4 is 15.7 Å². The maximum Gasteiger partial charge on any atom is 0.452 e. The Hall–Kier alpha value is -2.79. The SMILES string of the molecule is CN(C)c1ccc(CNS(=O)(=O)c2ccc(-c3cc(C(F)(F)F)on3)o2)cc1. The average molecular weight is 415 g/mol. The smallest absolute Gasteiger partial charge is 0.441 e. The first-order chi connectivity index (χ1) is 13.1. The molecule has 0 aliphatic rings. The van der Waals surface area contributed by atoms with Gasteiger partial charge >= 0.3 is 6.18 Å². The Kier molecular flexibility index (Phi) is 5.22. The number of halogens is 3. The van der Waals surface area contributed by atoms with Crippen LogP contribution in [-0.4, -0.2) is 27.7 Å². The first kappa shape index (κ1) is 20.0. The van der Waals surface area contributed by atoms with Crippen LogP contribution in [-0.2, 0) is 22.7 Å². The molecule has 0 unspecified atom stereocenters. The third-order valence-electron chi connectivity index (χ3n) is 3.81. The molecule has 28 heavy (non-hydrogen) atoms. The molecule has 3 rings (SSSR count). The van der Waals surface area contributed by atoms with Gasteiger partial charge in [0.25, 0.3) is 10.0 Å². The molecule has 3 aromatic rings. The number of anilines is 1. The zero-order valence-electron chi connectivity index (χ0n) is 14.8. The first-order valence-electron chi connectivity index (χ1n) is 7.96. The fourth-order valence-electron chi connectivity index (χ4n) is 2.29. The number of furan rings is 1. The summed E-state index contributed by atoms with van der Waals surface area (Å²) in [6.07, 6.45) is -4.70. The van der Waals surface area contributed by atoms with E-state index in [0.717, 1.165) is 17.3 Å². The summed E-state index contributed by atoms with van der Waals surface area (Å²) in [7, 11) is -0.226. The second kappa shape index (κ2) is 7.32. The molecule has 0 saturated carbocycles. The minimum atomic E-state index is -4.70. The van der Waals surface area contributed by atoms with E-state index in [9.17, 15) is 21.6 Å². The van der Waals surface area contributed by atoms with Gasteiger partial charge in [0.2, 0.25) is 10.9 Å². The summed E-state index contributed by atoms with van der Waals surface area (Å²) in [6.45, 7) is 0.0221. The van der Waals surface area contributed by atoms with Crippen molar-refractivity contribution in [2.75, 3.05) is 19.0 Å². The average Bonchev–Trinajstić information content (AvgIpc) is 3.29. The molecule has 0 spiro atoms. The van der Waals surface area contributed by atoms with E-state index in [4.69, 9.17) is 4.42 Å². The van der Waals surface area contributed by atoms with Crippen LogP contribution in [0, 0.1) is 0 Å². The summed E-state index contributed by atoms with van der Waals surface area (Å²) in [5, 5.41) is 2.82. The number of nitrogens with one attached hydrogen (secondary N) is 1. The number of sulfonamides is 1. The van der Waals surface area contributed by atoms with Crippen molar-refractivity contribution in [2.45, 2.75) is 17.8 Å². The highest BCUT2D eigenvalue weighted by atomic mass is 32.2. The van der Waals surface area contributed by atoms with Crippen LogP contribution in [0.25, 0.3) is 11.5 Å². The summed E-state index contributed by atoms with van der Waals surface area (Å²) < 4.78 is 74.1. The van der Waals surface area contributed by atoms with Gasteiger partial charge in [-0.05, 0) is 29.8 Å². The highest BCUT2D eigenvalue weighted by molar-refractivity contribution is 7.89. The van der Waals surface area contributed by atoms with Crippen molar-refractivity contribution in [1.82, 2.24) is 9.88 Å². The molecule has 1 N–H and O–H groups in total. The topological polar surface area (TPSA) is 88.6 Å². The number of nitrogens with zero attached hydrogens (tertiary/aromatic N) is 2. The lowest BCUT2D eigenvalue weighted by molar-refractivity contribution is -0.155. The number of hydrogen-bond acceptors (Lipinski definition) is 6. The monoisotopic (exact) mass is 415 g/mol. The van der Waals surface area contributed by atoms with E-state index < -0.39 is 27.1 Å². The molecule has 0 bridgehead atoms. The highest BCUT2D eigenvalue weighted by Crippen LogP contribution is 2.33. The molecule has 11 heteroatoms. The molecule has 0 amide bonds. The molecule has 0 aliphatic carbocycles. The van der Waals surface area contributed by atoms with Crippen LogP contribution in [0.1, 0.15) is 11.3 Å². The van der Waals surface area contributed by atoms with Gasteiger partial charge in [-0.25, -0.2) is 13.1 Å². The molecule has 0 atom stereocenters. The quantitative estimate of drug-likeness (QED) is 0.663. The van der Waals surface area contributed by atoms with E-state index in [0.29, 0.717) is 6.07 Å². The molecular weight excluding hydrogens is 399 g/mol. The number of aromatic nitrogens is 1. The van der Waals surface area contributed by atoms with E-state index in [1.807, 2.05) is 31.1 Å². The van der Waals surface area contributed by atoms with E-state index in [1.165, 1.54) is 6.07 Å². The predicted octanol–water partition coefficient (Wildman–Crippen LogP) is 3.50. The van der Waals surface area contributed by atoms with Gasteiger partial charge in [0.1, 0.15) is 5.69 Å². The number of rotatable bonds is 6. The normalized spacial score (nSPS) is 12.3. The van der Waals surface area contributed by atoms with E-state index in [-0.39, 0.29) is 18.0 Å². The number of hydrogen-bond donors (Lipinski definition) is 1.